The summed E-state index contributed by atoms with van der Waals surface area (Å²) in [7, 11) is 0. The lowest BCUT2D eigenvalue weighted by Crippen LogP contribution is -2.25. The molecule has 88 valence electrons. The quantitative estimate of drug-likeness (QED) is 0.869. The Bertz CT molecular complexity index is 379. The van der Waals surface area contributed by atoms with Gasteiger partial charge in [-0.25, -0.2) is 4.39 Å². The van der Waals surface area contributed by atoms with Crippen LogP contribution >= 0.6 is 23.4 Å². The zero-order chi connectivity index (χ0) is 11.6. The molecule has 1 N–H and O–H groups in total. The lowest BCUT2D eigenvalue weighted by atomic mass is 10.2. The van der Waals surface area contributed by atoms with Crippen LogP contribution in [0.4, 0.5) is 4.39 Å². The molecular weight excluding hydrogens is 245 g/mol. The predicted octanol–water partition coefficient (Wildman–Crippen LogP) is 3.46. The molecular formula is C12H15ClFNS. The van der Waals surface area contributed by atoms with Gasteiger partial charge in [0.25, 0.3) is 0 Å². The second kappa shape index (κ2) is 4.94. The Hall–Kier alpha value is -0.250. The summed E-state index contributed by atoms with van der Waals surface area (Å²) in [5.74, 6) is -0.341. The van der Waals surface area contributed by atoms with Crippen LogP contribution < -0.4 is 5.32 Å². The smallest absolute Gasteiger partial charge is 0.142 e. The van der Waals surface area contributed by atoms with E-state index in [9.17, 15) is 4.39 Å². The van der Waals surface area contributed by atoms with E-state index in [2.05, 4.69) is 11.6 Å². The molecule has 0 radical (unpaired) electrons. The van der Waals surface area contributed by atoms with Crippen molar-refractivity contribution in [2.24, 2.45) is 0 Å². The molecule has 1 fully saturated rings. The minimum absolute atomic E-state index is 0.187. The minimum Gasteiger partial charge on any atom is -0.311 e. The molecule has 0 unspecified atom stereocenters. The summed E-state index contributed by atoms with van der Waals surface area (Å²) < 4.78 is 13.6. The molecule has 0 amide bonds. The summed E-state index contributed by atoms with van der Waals surface area (Å²) in [6.07, 6.45) is 4.73. The first-order chi connectivity index (χ1) is 7.65. The number of rotatable bonds is 5. The highest BCUT2D eigenvalue weighted by Crippen LogP contribution is 2.46. The van der Waals surface area contributed by atoms with Crippen molar-refractivity contribution < 1.29 is 4.39 Å². The van der Waals surface area contributed by atoms with Gasteiger partial charge in [0.1, 0.15) is 5.82 Å². The Kier molecular flexibility index (Phi) is 3.77. The molecule has 1 nitrogen and oxygen atoms in total. The monoisotopic (exact) mass is 259 g/mol. The topological polar surface area (TPSA) is 12.0 Å². The van der Waals surface area contributed by atoms with Gasteiger partial charge in [-0.1, -0.05) is 17.7 Å². The van der Waals surface area contributed by atoms with Gasteiger partial charge in [-0.3, -0.25) is 0 Å². The molecule has 0 aliphatic heterocycles. The van der Waals surface area contributed by atoms with Gasteiger partial charge in [0, 0.05) is 17.8 Å². The summed E-state index contributed by atoms with van der Waals surface area (Å²) >= 11 is 7.54. The lowest BCUT2D eigenvalue weighted by Gasteiger charge is -2.13. The molecule has 0 spiro atoms. The molecule has 0 saturated heterocycles. The van der Waals surface area contributed by atoms with E-state index in [0.29, 0.717) is 11.3 Å². The average molecular weight is 260 g/mol. The van der Waals surface area contributed by atoms with Gasteiger partial charge in [-0.05, 0) is 36.8 Å². The summed E-state index contributed by atoms with van der Waals surface area (Å²) in [6.45, 7) is 1.70. The van der Waals surface area contributed by atoms with E-state index in [1.807, 2.05) is 17.8 Å². The van der Waals surface area contributed by atoms with E-state index < -0.39 is 0 Å². The van der Waals surface area contributed by atoms with Gasteiger partial charge in [0.15, 0.2) is 0 Å². The van der Waals surface area contributed by atoms with E-state index in [-0.39, 0.29) is 10.8 Å². The van der Waals surface area contributed by atoms with Crippen LogP contribution in [0, 0.1) is 5.82 Å². The molecule has 1 saturated carbocycles. The van der Waals surface area contributed by atoms with Crippen LogP contribution in [0.1, 0.15) is 18.4 Å². The average Bonchev–Trinajstić information content (AvgIpc) is 3.04. The highest BCUT2D eigenvalue weighted by atomic mass is 35.5. The van der Waals surface area contributed by atoms with Gasteiger partial charge in [-0.15, -0.1) is 0 Å². The van der Waals surface area contributed by atoms with Crippen molar-refractivity contribution in [3.8, 4) is 0 Å². The lowest BCUT2D eigenvalue weighted by molar-refractivity contribution is 0.618. The molecule has 0 heterocycles. The number of hydrogen-bond donors (Lipinski definition) is 1. The van der Waals surface area contributed by atoms with Crippen molar-refractivity contribution in [1.82, 2.24) is 5.32 Å². The molecule has 1 aromatic rings. The minimum atomic E-state index is -0.341. The molecule has 1 aliphatic rings. The predicted molar refractivity (Wildman–Crippen MR) is 68.6 cm³/mol. The molecule has 0 bridgehead atoms. The number of thioether (sulfide) groups is 1. The van der Waals surface area contributed by atoms with Crippen LogP contribution in [-0.4, -0.2) is 17.5 Å². The van der Waals surface area contributed by atoms with Crippen molar-refractivity contribution in [3.63, 3.8) is 0 Å². The Balaban J connectivity index is 1.83. The number of nitrogens with one attached hydrogen (secondary N) is 1. The summed E-state index contributed by atoms with van der Waals surface area (Å²) in [4.78, 5) is 0. The molecule has 1 aromatic carbocycles. The third-order valence-corrected chi connectivity index (χ3v) is 4.73. The van der Waals surface area contributed by atoms with Crippen molar-refractivity contribution >= 4 is 23.4 Å². The van der Waals surface area contributed by atoms with E-state index in [1.54, 1.807) is 6.07 Å². The molecule has 0 atom stereocenters. The molecule has 1 aliphatic carbocycles. The highest BCUT2D eigenvalue weighted by molar-refractivity contribution is 8.00. The Morgan fingerprint density at radius 1 is 1.50 bits per heavy atom. The Morgan fingerprint density at radius 2 is 2.25 bits per heavy atom. The maximum Gasteiger partial charge on any atom is 0.142 e. The zero-order valence-electron chi connectivity index (χ0n) is 9.22. The number of halogens is 2. The van der Waals surface area contributed by atoms with Gasteiger partial charge in [0.2, 0.25) is 0 Å². The molecule has 4 heteroatoms. The number of benzene rings is 1. The highest BCUT2D eigenvalue weighted by Gasteiger charge is 2.41. The first kappa shape index (κ1) is 12.2. The van der Waals surface area contributed by atoms with Gasteiger partial charge >= 0.3 is 0 Å². The zero-order valence-corrected chi connectivity index (χ0v) is 10.8. The fourth-order valence-corrected chi connectivity index (χ4v) is 2.55. The molecule has 0 aromatic heterocycles. The van der Waals surface area contributed by atoms with Crippen LogP contribution in [0.3, 0.4) is 0 Å². The van der Waals surface area contributed by atoms with Crippen molar-refractivity contribution in [2.45, 2.75) is 24.1 Å². The second-order valence-electron chi connectivity index (χ2n) is 4.24. The van der Waals surface area contributed by atoms with Crippen LogP contribution in [0.25, 0.3) is 0 Å². The largest absolute Gasteiger partial charge is 0.311 e. The normalized spacial score (nSPS) is 17.4. The summed E-state index contributed by atoms with van der Waals surface area (Å²) in [5.41, 5.74) is 0.943. The van der Waals surface area contributed by atoms with Gasteiger partial charge < -0.3 is 5.32 Å². The third kappa shape index (κ3) is 2.90. The van der Waals surface area contributed by atoms with Crippen molar-refractivity contribution in [2.75, 3.05) is 12.8 Å². The molecule has 2 rings (SSSR count). The fourth-order valence-electron chi connectivity index (χ4n) is 1.68. The van der Waals surface area contributed by atoms with E-state index in [1.165, 1.54) is 18.9 Å². The Labute approximate surface area is 105 Å². The van der Waals surface area contributed by atoms with E-state index in [4.69, 9.17) is 11.6 Å². The maximum atomic E-state index is 13.2. The fraction of sp³-hybridized carbons (Fsp3) is 0.500. The summed E-state index contributed by atoms with van der Waals surface area (Å²) in [5, 5.41) is 3.56. The Morgan fingerprint density at radius 3 is 2.81 bits per heavy atom. The molecule has 16 heavy (non-hydrogen) atoms. The maximum absolute atomic E-state index is 13.2. The standard InChI is InChI=1S/C12H15ClFNS/c1-16-12(4-5-12)8-15-7-9-2-3-10(13)11(14)6-9/h2-3,6,15H,4-5,7-8H2,1H3. The van der Waals surface area contributed by atoms with E-state index >= 15 is 0 Å². The first-order valence-corrected chi connectivity index (χ1v) is 6.95. The third-order valence-electron chi connectivity index (χ3n) is 3.00. The van der Waals surface area contributed by atoms with Crippen molar-refractivity contribution in [3.05, 3.63) is 34.6 Å². The second-order valence-corrected chi connectivity index (χ2v) is 5.92. The van der Waals surface area contributed by atoms with Crippen molar-refractivity contribution in [1.29, 1.82) is 0 Å². The summed E-state index contributed by atoms with van der Waals surface area (Å²) in [6, 6.07) is 4.96. The van der Waals surface area contributed by atoms with Crippen LogP contribution in [-0.2, 0) is 6.54 Å². The SMILES string of the molecule is CSC1(CNCc2ccc(Cl)c(F)c2)CC1. The first-order valence-electron chi connectivity index (χ1n) is 5.35. The van der Waals surface area contributed by atoms with Gasteiger partial charge in [-0.2, -0.15) is 11.8 Å². The van der Waals surface area contributed by atoms with Crippen LogP contribution in [0.5, 0.6) is 0 Å². The van der Waals surface area contributed by atoms with Crippen LogP contribution in [0.15, 0.2) is 18.2 Å². The van der Waals surface area contributed by atoms with Gasteiger partial charge in [0.05, 0.1) is 5.02 Å². The van der Waals surface area contributed by atoms with Crippen LogP contribution in [0.2, 0.25) is 5.02 Å². The van der Waals surface area contributed by atoms with E-state index in [0.717, 1.165) is 12.1 Å². The number of hydrogen-bond acceptors (Lipinski definition) is 2.